The van der Waals surface area contributed by atoms with Crippen LogP contribution in [0.25, 0.3) is 10.9 Å². The average Bonchev–Trinajstić information content (AvgIpc) is 2.66. The Morgan fingerprint density at radius 3 is 2.56 bits per heavy atom. The molecule has 5 heteroatoms. The topological polar surface area (TPSA) is 45.6 Å². The van der Waals surface area contributed by atoms with Crippen molar-refractivity contribution in [2.45, 2.75) is 6.04 Å². The Balaban J connectivity index is 1.85. The lowest BCUT2D eigenvalue weighted by Gasteiger charge is -2.35. The molecule has 0 spiro atoms. The molecule has 0 radical (unpaired) electrons. The van der Waals surface area contributed by atoms with Crippen molar-refractivity contribution in [2.75, 3.05) is 26.3 Å². The van der Waals surface area contributed by atoms with Crippen LogP contribution in [0.5, 0.6) is 5.75 Å². The molecule has 1 unspecified atom stereocenters. The minimum Gasteiger partial charge on any atom is -0.505 e. The fourth-order valence-electron chi connectivity index (χ4n) is 3.43. The maximum atomic E-state index is 13.4. The van der Waals surface area contributed by atoms with Gasteiger partial charge < -0.3 is 9.84 Å². The molecule has 1 aliphatic heterocycles. The predicted molar refractivity (Wildman–Crippen MR) is 94.0 cm³/mol. The van der Waals surface area contributed by atoms with E-state index in [0.717, 1.165) is 29.6 Å². The minimum atomic E-state index is -0.270. The molecule has 0 aliphatic carbocycles. The summed E-state index contributed by atoms with van der Waals surface area (Å²) in [7, 11) is 0. The molecule has 4 rings (SSSR count). The van der Waals surface area contributed by atoms with Gasteiger partial charge in [-0.05, 0) is 23.8 Å². The predicted octanol–water partition coefficient (Wildman–Crippen LogP) is 3.50. The summed E-state index contributed by atoms with van der Waals surface area (Å²) in [5.41, 5.74) is 2.30. The van der Waals surface area contributed by atoms with E-state index < -0.39 is 0 Å². The highest BCUT2D eigenvalue weighted by atomic mass is 19.1. The van der Waals surface area contributed by atoms with Gasteiger partial charge in [-0.25, -0.2) is 4.39 Å². The van der Waals surface area contributed by atoms with Crippen LogP contribution < -0.4 is 0 Å². The molecule has 1 atom stereocenters. The number of phenols is 1. The smallest absolute Gasteiger partial charge is 0.146 e. The molecular formula is C20H19FN2O2. The molecule has 128 valence electrons. The highest BCUT2D eigenvalue weighted by molar-refractivity contribution is 5.85. The monoisotopic (exact) mass is 338 g/mol. The molecule has 2 heterocycles. The largest absolute Gasteiger partial charge is 0.505 e. The van der Waals surface area contributed by atoms with Crippen LogP contribution >= 0.6 is 0 Å². The standard InChI is InChI=1S/C20H19FN2O2/c21-16-6-3-15(4-7-16)19(23-10-12-25-13-11-23)17-8-5-14-2-1-9-22-18(14)20(17)24/h1-9,19,24H,10-13H2. The maximum Gasteiger partial charge on any atom is 0.146 e. The third kappa shape index (κ3) is 3.08. The molecule has 4 nitrogen and oxygen atoms in total. The van der Waals surface area contributed by atoms with E-state index in [2.05, 4.69) is 9.88 Å². The first-order valence-electron chi connectivity index (χ1n) is 8.38. The number of morpholine rings is 1. The van der Waals surface area contributed by atoms with Crippen LogP contribution in [0.3, 0.4) is 0 Å². The number of rotatable bonds is 3. The number of aromatic nitrogens is 1. The van der Waals surface area contributed by atoms with Crippen molar-refractivity contribution in [2.24, 2.45) is 0 Å². The van der Waals surface area contributed by atoms with Gasteiger partial charge in [-0.15, -0.1) is 0 Å². The van der Waals surface area contributed by atoms with E-state index in [9.17, 15) is 9.50 Å². The van der Waals surface area contributed by atoms with Gasteiger partial charge in [0.1, 0.15) is 17.1 Å². The van der Waals surface area contributed by atoms with Gasteiger partial charge in [0.2, 0.25) is 0 Å². The quantitative estimate of drug-likeness (QED) is 0.794. The number of halogens is 1. The summed E-state index contributed by atoms with van der Waals surface area (Å²) in [6, 6.07) is 14.0. The van der Waals surface area contributed by atoms with Crippen LogP contribution in [0.15, 0.2) is 54.7 Å². The van der Waals surface area contributed by atoms with Crippen LogP contribution in [0.4, 0.5) is 4.39 Å². The molecule has 1 saturated heterocycles. The van der Waals surface area contributed by atoms with E-state index >= 15 is 0 Å². The van der Waals surface area contributed by atoms with Crippen LogP contribution in [-0.4, -0.2) is 41.3 Å². The van der Waals surface area contributed by atoms with Crippen molar-refractivity contribution in [3.05, 3.63) is 71.7 Å². The zero-order chi connectivity index (χ0) is 17.2. The van der Waals surface area contributed by atoms with Gasteiger partial charge in [0, 0.05) is 30.2 Å². The van der Waals surface area contributed by atoms with Gasteiger partial charge in [-0.3, -0.25) is 9.88 Å². The molecule has 25 heavy (non-hydrogen) atoms. The lowest BCUT2D eigenvalue weighted by molar-refractivity contribution is 0.0236. The first kappa shape index (κ1) is 16.0. The van der Waals surface area contributed by atoms with E-state index in [1.165, 1.54) is 12.1 Å². The van der Waals surface area contributed by atoms with Crippen LogP contribution in [-0.2, 0) is 4.74 Å². The third-order valence-electron chi connectivity index (χ3n) is 4.67. The number of pyridine rings is 1. The summed E-state index contributed by atoms with van der Waals surface area (Å²) >= 11 is 0. The van der Waals surface area contributed by atoms with E-state index in [1.807, 2.05) is 24.3 Å². The van der Waals surface area contributed by atoms with E-state index in [1.54, 1.807) is 18.3 Å². The van der Waals surface area contributed by atoms with Crippen LogP contribution in [0.2, 0.25) is 0 Å². The van der Waals surface area contributed by atoms with Crippen molar-refractivity contribution >= 4 is 10.9 Å². The summed E-state index contributed by atoms with van der Waals surface area (Å²) < 4.78 is 18.9. The Labute approximate surface area is 145 Å². The maximum absolute atomic E-state index is 13.4. The Morgan fingerprint density at radius 2 is 1.80 bits per heavy atom. The molecule has 1 N–H and O–H groups in total. The van der Waals surface area contributed by atoms with Crippen molar-refractivity contribution < 1.29 is 14.2 Å². The second kappa shape index (κ2) is 6.78. The molecule has 1 aromatic heterocycles. The summed E-state index contributed by atoms with van der Waals surface area (Å²) in [5, 5.41) is 11.8. The van der Waals surface area contributed by atoms with Gasteiger partial charge >= 0.3 is 0 Å². The minimum absolute atomic E-state index is 0.170. The second-order valence-electron chi connectivity index (χ2n) is 6.18. The number of phenolic OH excluding ortho intramolecular Hbond substituents is 1. The zero-order valence-electron chi connectivity index (χ0n) is 13.7. The highest BCUT2D eigenvalue weighted by Crippen LogP contribution is 2.38. The Morgan fingerprint density at radius 1 is 1.04 bits per heavy atom. The van der Waals surface area contributed by atoms with Gasteiger partial charge in [0.25, 0.3) is 0 Å². The van der Waals surface area contributed by atoms with Crippen molar-refractivity contribution in [3.63, 3.8) is 0 Å². The van der Waals surface area contributed by atoms with E-state index in [0.29, 0.717) is 18.7 Å². The molecular weight excluding hydrogens is 319 g/mol. The fraction of sp³-hybridized carbons (Fsp3) is 0.250. The number of aromatic hydroxyl groups is 1. The van der Waals surface area contributed by atoms with Gasteiger partial charge in [-0.1, -0.05) is 30.3 Å². The van der Waals surface area contributed by atoms with Gasteiger partial charge in [0.05, 0.1) is 19.3 Å². The fourth-order valence-corrected chi connectivity index (χ4v) is 3.43. The highest BCUT2D eigenvalue weighted by Gasteiger charge is 2.27. The summed E-state index contributed by atoms with van der Waals surface area (Å²) in [6.45, 7) is 2.79. The molecule has 1 fully saturated rings. The summed E-state index contributed by atoms with van der Waals surface area (Å²) in [4.78, 5) is 6.57. The number of hydrogen-bond donors (Lipinski definition) is 1. The molecule has 0 bridgehead atoms. The number of benzene rings is 2. The normalized spacial score (nSPS) is 16.8. The number of hydrogen-bond acceptors (Lipinski definition) is 4. The summed E-state index contributed by atoms with van der Waals surface area (Å²) in [5.74, 6) is -0.0900. The lowest BCUT2D eigenvalue weighted by atomic mass is 9.94. The first-order chi connectivity index (χ1) is 12.2. The Hall–Kier alpha value is -2.50. The molecule has 2 aromatic carbocycles. The van der Waals surface area contributed by atoms with Gasteiger partial charge in [-0.2, -0.15) is 0 Å². The molecule has 0 saturated carbocycles. The van der Waals surface area contributed by atoms with E-state index in [-0.39, 0.29) is 17.6 Å². The first-order valence-corrected chi connectivity index (χ1v) is 8.38. The molecule has 0 amide bonds. The van der Waals surface area contributed by atoms with Crippen LogP contribution in [0, 0.1) is 5.82 Å². The van der Waals surface area contributed by atoms with Crippen molar-refractivity contribution in [3.8, 4) is 5.75 Å². The third-order valence-corrected chi connectivity index (χ3v) is 4.67. The number of ether oxygens (including phenoxy) is 1. The Kier molecular flexibility index (Phi) is 4.34. The average molecular weight is 338 g/mol. The van der Waals surface area contributed by atoms with Gasteiger partial charge in [0.15, 0.2) is 0 Å². The molecule has 1 aliphatic rings. The lowest BCUT2D eigenvalue weighted by Crippen LogP contribution is -2.39. The Bertz CT molecular complexity index is 877. The number of nitrogens with zero attached hydrogens (tertiary/aromatic N) is 2. The molecule has 3 aromatic rings. The zero-order valence-corrected chi connectivity index (χ0v) is 13.7. The van der Waals surface area contributed by atoms with Crippen molar-refractivity contribution in [1.82, 2.24) is 9.88 Å². The van der Waals surface area contributed by atoms with E-state index in [4.69, 9.17) is 4.74 Å². The summed E-state index contributed by atoms with van der Waals surface area (Å²) in [6.07, 6.45) is 1.67. The van der Waals surface area contributed by atoms with Crippen molar-refractivity contribution in [1.29, 1.82) is 0 Å². The number of fused-ring (bicyclic) bond motifs is 1. The van der Waals surface area contributed by atoms with Crippen LogP contribution in [0.1, 0.15) is 17.2 Å². The second-order valence-corrected chi connectivity index (χ2v) is 6.18. The SMILES string of the molecule is Oc1c(C(c2ccc(F)cc2)N2CCOCC2)ccc2cccnc12.